The monoisotopic (exact) mass is 296 g/mol. The van der Waals surface area contributed by atoms with Crippen molar-refractivity contribution in [3.63, 3.8) is 0 Å². The molecule has 0 spiro atoms. The molecule has 1 fully saturated rings. The van der Waals surface area contributed by atoms with Crippen molar-refractivity contribution >= 4 is 5.96 Å². The van der Waals surface area contributed by atoms with E-state index >= 15 is 0 Å². The Morgan fingerprint density at radius 1 is 1.23 bits per heavy atom. The molecule has 0 aliphatic heterocycles. The van der Waals surface area contributed by atoms with Gasteiger partial charge in [-0.05, 0) is 36.6 Å². The predicted octanol–water partition coefficient (Wildman–Crippen LogP) is 2.52. The maximum absolute atomic E-state index is 4.32. The fraction of sp³-hybridized carbons (Fsp3) is 0.389. The van der Waals surface area contributed by atoms with Crippen LogP contribution in [0.5, 0.6) is 0 Å². The van der Waals surface area contributed by atoms with E-state index in [4.69, 9.17) is 0 Å². The summed E-state index contributed by atoms with van der Waals surface area (Å²) in [4.78, 5) is 4.32. The van der Waals surface area contributed by atoms with Gasteiger partial charge >= 0.3 is 0 Å². The summed E-state index contributed by atoms with van der Waals surface area (Å²) >= 11 is 0. The number of aryl methyl sites for hydroxylation is 1. The Morgan fingerprint density at radius 3 is 2.73 bits per heavy atom. The lowest BCUT2D eigenvalue weighted by molar-refractivity contribution is 0.663. The molecule has 1 aliphatic rings. The number of aliphatic imine (C=N–C) groups is 1. The number of hydrogen-bond donors (Lipinski definition) is 2. The lowest BCUT2D eigenvalue weighted by Gasteiger charge is -2.12. The second kappa shape index (κ2) is 6.69. The summed E-state index contributed by atoms with van der Waals surface area (Å²) in [7, 11) is 1.83. The molecule has 116 valence electrons. The van der Waals surface area contributed by atoms with E-state index < -0.39 is 0 Å². The first-order chi connectivity index (χ1) is 10.8. The van der Waals surface area contributed by atoms with Gasteiger partial charge in [-0.25, -0.2) is 0 Å². The smallest absolute Gasteiger partial charge is 0.191 e. The van der Waals surface area contributed by atoms with Gasteiger partial charge in [-0.2, -0.15) is 0 Å². The first kappa shape index (κ1) is 14.7. The summed E-state index contributed by atoms with van der Waals surface area (Å²) in [5, 5.41) is 6.91. The van der Waals surface area contributed by atoms with Crippen LogP contribution in [0.4, 0.5) is 0 Å². The molecule has 2 aromatic rings. The summed E-state index contributed by atoms with van der Waals surface area (Å²) in [6.07, 6.45) is 5.34. The van der Waals surface area contributed by atoms with Gasteiger partial charge in [0.1, 0.15) is 0 Å². The second-order valence-corrected chi connectivity index (χ2v) is 5.87. The minimum atomic E-state index is 0.499. The van der Waals surface area contributed by atoms with E-state index in [-0.39, 0.29) is 0 Å². The van der Waals surface area contributed by atoms with Gasteiger partial charge in [0.05, 0.1) is 0 Å². The molecule has 2 unspecified atom stereocenters. The van der Waals surface area contributed by atoms with Crippen LogP contribution in [0.1, 0.15) is 23.5 Å². The van der Waals surface area contributed by atoms with E-state index in [9.17, 15) is 0 Å². The number of benzene rings is 1. The Labute approximate surface area is 132 Å². The van der Waals surface area contributed by atoms with Crippen LogP contribution in [0.2, 0.25) is 0 Å². The summed E-state index contributed by atoms with van der Waals surface area (Å²) in [5.74, 6) is 1.51. The molecule has 1 aromatic carbocycles. The van der Waals surface area contributed by atoms with Crippen LogP contribution in [0.3, 0.4) is 0 Å². The average molecular weight is 296 g/mol. The molecule has 4 nitrogen and oxygen atoms in total. The Balaban J connectivity index is 1.47. The molecule has 1 saturated carbocycles. The lowest BCUT2D eigenvalue weighted by Crippen LogP contribution is -2.40. The maximum Gasteiger partial charge on any atom is 0.191 e. The van der Waals surface area contributed by atoms with Gasteiger partial charge in [-0.15, -0.1) is 0 Å². The number of nitrogens with one attached hydrogen (secondary N) is 2. The van der Waals surface area contributed by atoms with Crippen LogP contribution >= 0.6 is 0 Å². The van der Waals surface area contributed by atoms with E-state index in [1.165, 1.54) is 17.5 Å². The van der Waals surface area contributed by atoms with Crippen LogP contribution < -0.4 is 10.6 Å². The Morgan fingerprint density at radius 2 is 2.00 bits per heavy atom. The van der Waals surface area contributed by atoms with Crippen molar-refractivity contribution in [3.8, 4) is 0 Å². The van der Waals surface area contributed by atoms with Crippen LogP contribution in [-0.4, -0.2) is 30.2 Å². The fourth-order valence-electron chi connectivity index (χ4n) is 2.89. The second-order valence-electron chi connectivity index (χ2n) is 5.87. The van der Waals surface area contributed by atoms with Gasteiger partial charge in [0.2, 0.25) is 0 Å². The number of hydrogen-bond acceptors (Lipinski definition) is 1. The molecule has 0 saturated heterocycles. The normalized spacial score (nSPS) is 20.7. The molecule has 1 aromatic heterocycles. The predicted molar refractivity (Wildman–Crippen MR) is 91.3 cm³/mol. The molecule has 0 radical (unpaired) electrons. The third kappa shape index (κ3) is 3.50. The third-order valence-electron chi connectivity index (χ3n) is 4.25. The summed E-state index contributed by atoms with van der Waals surface area (Å²) in [6, 6.07) is 13.2. The van der Waals surface area contributed by atoms with Crippen LogP contribution in [0, 0.1) is 6.92 Å². The Kier molecular flexibility index (Phi) is 4.47. The molecule has 1 heterocycles. The highest BCUT2D eigenvalue weighted by Crippen LogP contribution is 2.41. The van der Waals surface area contributed by atoms with Crippen molar-refractivity contribution in [2.75, 3.05) is 13.6 Å². The van der Waals surface area contributed by atoms with Crippen molar-refractivity contribution in [1.82, 2.24) is 15.2 Å². The number of guanidine groups is 1. The zero-order valence-corrected chi connectivity index (χ0v) is 13.3. The summed E-state index contributed by atoms with van der Waals surface area (Å²) < 4.78 is 2.16. The zero-order chi connectivity index (χ0) is 15.4. The van der Waals surface area contributed by atoms with Crippen LogP contribution in [-0.2, 0) is 6.54 Å². The van der Waals surface area contributed by atoms with E-state index in [0.29, 0.717) is 12.0 Å². The van der Waals surface area contributed by atoms with Crippen LogP contribution in [0.15, 0.2) is 53.8 Å². The van der Waals surface area contributed by atoms with E-state index in [2.05, 4.69) is 63.8 Å². The Hall–Kier alpha value is -2.23. The molecular formula is C18H24N4. The van der Waals surface area contributed by atoms with Crippen molar-refractivity contribution in [2.45, 2.75) is 31.8 Å². The molecule has 2 atom stereocenters. The van der Waals surface area contributed by atoms with Crippen molar-refractivity contribution in [1.29, 1.82) is 0 Å². The van der Waals surface area contributed by atoms with E-state index in [1.807, 2.05) is 19.2 Å². The summed E-state index contributed by atoms with van der Waals surface area (Å²) in [5.41, 5.74) is 2.84. The Bertz CT molecular complexity index is 630. The van der Waals surface area contributed by atoms with E-state index in [1.54, 1.807) is 0 Å². The average Bonchev–Trinajstić information content (AvgIpc) is 3.08. The van der Waals surface area contributed by atoms with Gasteiger partial charge in [0.25, 0.3) is 0 Å². The largest absolute Gasteiger partial charge is 0.355 e. The number of rotatable bonds is 5. The molecule has 3 rings (SSSR count). The lowest BCUT2D eigenvalue weighted by atomic mass is 10.0. The molecule has 22 heavy (non-hydrogen) atoms. The van der Waals surface area contributed by atoms with Gasteiger partial charge in [0, 0.05) is 44.5 Å². The van der Waals surface area contributed by atoms with Crippen LogP contribution in [0.25, 0.3) is 0 Å². The van der Waals surface area contributed by atoms with Crippen molar-refractivity contribution in [3.05, 3.63) is 59.9 Å². The first-order valence-electron chi connectivity index (χ1n) is 7.91. The highest BCUT2D eigenvalue weighted by Gasteiger charge is 2.39. The van der Waals surface area contributed by atoms with Gasteiger partial charge < -0.3 is 15.2 Å². The summed E-state index contributed by atoms with van der Waals surface area (Å²) in [6.45, 7) is 4.00. The number of aromatic nitrogens is 1. The topological polar surface area (TPSA) is 41.4 Å². The number of nitrogens with zero attached hydrogens (tertiary/aromatic N) is 2. The van der Waals surface area contributed by atoms with Gasteiger partial charge in [-0.3, -0.25) is 4.99 Å². The molecule has 0 amide bonds. The molecule has 2 N–H and O–H groups in total. The maximum atomic E-state index is 4.32. The minimum Gasteiger partial charge on any atom is -0.355 e. The SMILES string of the molecule is CN=C(NCCn1cccc1)NC1CC1c1ccccc1C. The van der Waals surface area contributed by atoms with Gasteiger partial charge in [-0.1, -0.05) is 24.3 Å². The molecule has 0 bridgehead atoms. The molecular weight excluding hydrogens is 272 g/mol. The first-order valence-corrected chi connectivity index (χ1v) is 7.91. The standard InChI is InChI=1S/C18H24N4/c1-14-7-3-4-8-15(14)16-13-17(16)21-18(19-2)20-9-12-22-10-5-6-11-22/h3-8,10-11,16-17H,9,12-13H2,1-2H3,(H2,19,20,21). The highest BCUT2D eigenvalue weighted by molar-refractivity contribution is 5.80. The molecule has 1 aliphatic carbocycles. The van der Waals surface area contributed by atoms with Gasteiger partial charge in [0.15, 0.2) is 5.96 Å². The third-order valence-corrected chi connectivity index (χ3v) is 4.25. The van der Waals surface area contributed by atoms with Crippen molar-refractivity contribution < 1.29 is 0 Å². The van der Waals surface area contributed by atoms with E-state index in [0.717, 1.165) is 19.0 Å². The zero-order valence-electron chi connectivity index (χ0n) is 13.3. The highest BCUT2D eigenvalue weighted by atomic mass is 15.2. The fourth-order valence-corrected chi connectivity index (χ4v) is 2.89. The molecule has 4 heteroatoms. The minimum absolute atomic E-state index is 0.499. The van der Waals surface area contributed by atoms with Crippen molar-refractivity contribution in [2.24, 2.45) is 4.99 Å². The quantitative estimate of drug-likeness (QED) is 0.657.